The van der Waals surface area contributed by atoms with E-state index in [0.717, 1.165) is 6.92 Å². The number of non-ortho nitro benzene ring substituents is 1. The summed E-state index contributed by atoms with van der Waals surface area (Å²) in [4.78, 5) is 30.4. The van der Waals surface area contributed by atoms with Crippen molar-refractivity contribution in [1.82, 2.24) is 0 Å². The van der Waals surface area contributed by atoms with Crippen LogP contribution in [0.5, 0.6) is 0 Å². The van der Waals surface area contributed by atoms with Crippen LogP contribution < -0.4 is 0 Å². The zero-order valence-corrected chi connectivity index (χ0v) is 16.7. The second-order valence-electron chi connectivity index (χ2n) is 6.82. The number of hydrogen-bond acceptors (Lipinski definition) is 6. The Kier molecular flexibility index (Phi) is 7.70. The molecule has 2 unspecified atom stereocenters. The predicted octanol–water partition coefficient (Wildman–Crippen LogP) is 6.22. The first kappa shape index (κ1) is 28.7. The van der Waals surface area contributed by atoms with Gasteiger partial charge in [0, 0.05) is 6.07 Å². The van der Waals surface area contributed by atoms with Crippen molar-refractivity contribution < 1.29 is 64.0 Å². The van der Waals surface area contributed by atoms with E-state index in [1.54, 1.807) is 0 Å². The third-order valence-corrected chi connectivity index (χ3v) is 4.70. The van der Waals surface area contributed by atoms with Crippen LogP contribution in [0.25, 0.3) is 0 Å². The molecule has 0 saturated heterocycles. The summed E-state index contributed by atoms with van der Waals surface area (Å²) < 4.78 is 125. The van der Waals surface area contributed by atoms with E-state index in [1.165, 1.54) is 6.92 Å². The van der Waals surface area contributed by atoms with Crippen LogP contribution in [0, 0.1) is 20.2 Å². The number of alkyl halides is 9. The van der Waals surface area contributed by atoms with Crippen LogP contribution in [0.3, 0.4) is 0 Å². The molecule has 0 bridgehead atoms. The first-order valence-corrected chi connectivity index (χ1v) is 8.71. The fraction of sp³-hybridized carbons (Fsp3) is 0.562. The predicted molar refractivity (Wildman–Crippen MR) is 91.2 cm³/mol. The zero-order valence-electron chi connectivity index (χ0n) is 16.7. The summed E-state index contributed by atoms with van der Waals surface area (Å²) in [6.45, 7) is 2.31. The van der Waals surface area contributed by atoms with Crippen LogP contribution in [0.15, 0.2) is 12.1 Å². The van der Waals surface area contributed by atoms with Gasteiger partial charge in [-0.05, 0) is 17.9 Å². The van der Waals surface area contributed by atoms with Crippen molar-refractivity contribution in [2.24, 2.45) is 0 Å². The van der Waals surface area contributed by atoms with E-state index in [0.29, 0.717) is 6.07 Å². The minimum Gasteiger partial charge on any atom is -0.450 e. The van der Waals surface area contributed by atoms with Gasteiger partial charge in [-0.25, -0.2) is 4.79 Å². The number of nitro groups is 2. The minimum atomic E-state index is -7.46. The Morgan fingerprint density at radius 2 is 1.50 bits per heavy atom. The molecular formula is C16H13F9N2O7. The average Bonchev–Trinajstić information content (AvgIpc) is 2.68. The van der Waals surface area contributed by atoms with E-state index in [1.807, 2.05) is 0 Å². The van der Waals surface area contributed by atoms with Crippen molar-refractivity contribution in [2.75, 3.05) is 0 Å². The molecular weight excluding hydrogens is 503 g/mol. The Labute approximate surface area is 182 Å². The Bertz CT molecular complexity index is 982. The number of nitrogens with zero attached hydrogens (tertiary/aromatic N) is 2. The van der Waals surface area contributed by atoms with E-state index >= 15 is 0 Å². The van der Waals surface area contributed by atoms with Gasteiger partial charge in [0.05, 0.1) is 21.5 Å². The highest BCUT2D eigenvalue weighted by atomic mass is 19.4. The quantitative estimate of drug-likeness (QED) is 0.178. The van der Waals surface area contributed by atoms with Gasteiger partial charge in [0.15, 0.2) is 0 Å². The molecule has 1 N–H and O–H groups in total. The Morgan fingerprint density at radius 3 is 1.85 bits per heavy atom. The Balaban J connectivity index is 4.16. The largest absolute Gasteiger partial charge is 0.506 e. The maximum atomic E-state index is 14.7. The van der Waals surface area contributed by atoms with Gasteiger partial charge in [0.1, 0.15) is 0 Å². The van der Waals surface area contributed by atoms with Crippen molar-refractivity contribution in [1.29, 1.82) is 0 Å². The molecule has 18 heteroatoms. The summed E-state index contributed by atoms with van der Waals surface area (Å²) in [5.74, 6) is -22.9. The zero-order chi connectivity index (χ0) is 27.0. The molecule has 0 heterocycles. The van der Waals surface area contributed by atoms with Gasteiger partial charge in [-0.1, -0.05) is 13.8 Å². The van der Waals surface area contributed by atoms with E-state index in [-0.39, 0.29) is 12.5 Å². The smallest absolute Gasteiger partial charge is 0.450 e. The minimum absolute atomic E-state index is 0.0878. The lowest BCUT2D eigenvalue weighted by Crippen LogP contribution is -2.63. The number of ether oxygens (including phenoxy) is 1. The maximum absolute atomic E-state index is 14.7. The molecule has 34 heavy (non-hydrogen) atoms. The van der Waals surface area contributed by atoms with Crippen LogP contribution in [-0.4, -0.2) is 45.1 Å². The molecule has 0 fully saturated rings. The van der Waals surface area contributed by atoms with Gasteiger partial charge in [-0.15, -0.1) is 0 Å². The molecule has 0 spiro atoms. The molecule has 0 aliphatic carbocycles. The van der Waals surface area contributed by atoms with Gasteiger partial charge < -0.3 is 9.84 Å². The number of hydrogen-bond donors (Lipinski definition) is 1. The molecule has 192 valence electrons. The second kappa shape index (κ2) is 9.13. The average molecular weight is 516 g/mol. The van der Waals surface area contributed by atoms with Crippen LogP contribution in [0.1, 0.15) is 43.4 Å². The van der Waals surface area contributed by atoms with Crippen molar-refractivity contribution in [3.05, 3.63) is 43.5 Å². The van der Waals surface area contributed by atoms with Crippen molar-refractivity contribution in [2.45, 2.75) is 56.2 Å². The summed E-state index contributed by atoms with van der Waals surface area (Å²) in [5, 5.41) is 31.2. The van der Waals surface area contributed by atoms with Crippen LogP contribution in [0.2, 0.25) is 0 Å². The molecule has 0 radical (unpaired) electrons. The maximum Gasteiger partial charge on any atom is 0.506 e. The molecule has 0 amide bonds. The summed E-state index contributed by atoms with van der Waals surface area (Å²) in [6, 6.07) is 0.236. The summed E-state index contributed by atoms with van der Waals surface area (Å²) in [5.41, 5.74) is -5.85. The lowest BCUT2D eigenvalue weighted by Gasteiger charge is -2.37. The van der Waals surface area contributed by atoms with Crippen LogP contribution in [-0.2, 0) is 4.74 Å². The summed E-state index contributed by atoms with van der Waals surface area (Å²) in [6.07, 6.45) is -14.7. The van der Waals surface area contributed by atoms with Crippen molar-refractivity contribution in [3.8, 4) is 0 Å². The van der Waals surface area contributed by atoms with Crippen LogP contribution >= 0.6 is 0 Å². The molecule has 0 saturated carbocycles. The van der Waals surface area contributed by atoms with Crippen molar-refractivity contribution in [3.63, 3.8) is 0 Å². The molecule has 0 aliphatic heterocycles. The second-order valence-corrected chi connectivity index (χ2v) is 6.82. The van der Waals surface area contributed by atoms with Gasteiger partial charge in [-0.2, -0.15) is 39.5 Å². The molecule has 1 rings (SSSR count). The lowest BCUT2D eigenvalue weighted by atomic mass is 9.85. The van der Waals surface area contributed by atoms with Crippen LogP contribution in [0.4, 0.5) is 55.7 Å². The SMILES string of the molecule is CCC(C)c1cc([N+](=O)[O-])cc([N+](=O)[O-])c1C(OC(=O)O)C(F)(F)C(F)(F)C(F)(F)C(F)(F)F. The molecule has 0 aromatic heterocycles. The van der Waals surface area contributed by atoms with Gasteiger partial charge >= 0.3 is 30.1 Å². The van der Waals surface area contributed by atoms with Crippen molar-refractivity contribution >= 4 is 17.5 Å². The normalized spacial score (nSPS) is 14.9. The fourth-order valence-electron chi connectivity index (χ4n) is 2.78. The van der Waals surface area contributed by atoms with Gasteiger partial charge in [0.25, 0.3) is 11.4 Å². The topological polar surface area (TPSA) is 133 Å². The first-order valence-electron chi connectivity index (χ1n) is 8.71. The third kappa shape index (κ3) is 4.79. The highest BCUT2D eigenvalue weighted by Gasteiger charge is 2.84. The third-order valence-electron chi connectivity index (χ3n) is 4.70. The fourth-order valence-corrected chi connectivity index (χ4v) is 2.78. The number of rotatable bonds is 9. The first-order chi connectivity index (χ1) is 15.1. The lowest BCUT2D eigenvalue weighted by molar-refractivity contribution is -0.409. The molecule has 2 atom stereocenters. The summed E-state index contributed by atoms with van der Waals surface area (Å²) in [7, 11) is 0. The van der Waals surface area contributed by atoms with E-state index in [2.05, 4.69) is 4.74 Å². The van der Waals surface area contributed by atoms with Gasteiger partial charge in [-0.3, -0.25) is 20.2 Å². The van der Waals surface area contributed by atoms with E-state index in [4.69, 9.17) is 5.11 Å². The number of nitro benzene ring substituents is 2. The Hall–Kier alpha value is -3.34. The number of benzene rings is 1. The molecule has 1 aromatic rings. The van der Waals surface area contributed by atoms with E-state index < -0.39 is 74.5 Å². The highest BCUT2D eigenvalue weighted by Crippen LogP contribution is 2.58. The number of carbonyl (C=O) groups is 1. The molecule has 1 aromatic carbocycles. The molecule has 0 aliphatic rings. The monoisotopic (exact) mass is 516 g/mol. The number of halogens is 9. The highest BCUT2D eigenvalue weighted by molar-refractivity contribution is 5.61. The Morgan fingerprint density at radius 1 is 1.00 bits per heavy atom. The molecule has 9 nitrogen and oxygen atoms in total. The standard InChI is InChI=1S/C16H13F9N2O7/c1-3-6(2)8-4-7(26(30)31)5-9(27(32)33)10(8)11(34-12(28)29)13(17,18)14(19,20)15(21,22)16(23,24)25/h4-6,11H,3H2,1-2H3,(H,28,29). The van der Waals surface area contributed by atoms with Gasteiger partial charge in [0.2, 0.25) is 6.10 Å². The summed E-state index contributed by atoms with van der Waals surface area (Å²) >= 11 is 0. The number of carboxylic acid groups (broad SMARTS) is 1. The van der Waals surface area contributed by atoms with E-state index in [9.17, 15) is 64.5 Å².